The number of ether oxygens (including phenoxy) is 1. The van der Waals surface area contributed by atoms with Crippen molar-refractivity contribution in [2.75, 3.05) is 0 Å². The van der Waals surface area contributed by atoms with Crippen molar-refractivity contribution in [3.05, 3.63) is 23.0 Å². The smallest absolute Gasteiger partial charge is 0.405 e. The number of hydrogen-bond donors (Lipinski definition) is 1. The summed E-state index contributed by atoms with van der Waals surface area (Å²) in [5, 5.41) is 0. The van der Waals surface area contributed by atoms with Crippen LogP contribution in [0.1, 0.15) is 28.0 Å². The second-order valence-electron chi connectivity index (χ2n) is 3.08. The summed E-state index contributed by atoms with van der Waals surface area (Å²) >= 11 is 0. The highest BCUT2D eigenvalue weighted by Crippen LogP contribution is 2.33. The minimum absolute atomic E-state index is 0.172. The monoisotopic (exact) mass is 270 g/mol. The van der Waals surface area contributed by atoms with E-state index >= 15 is 0 Å². The van der Waals surface area contributed by atoms with Crippen LogP contribution in [0.2, 0.25) is 0 Å². The molecule has 9 heteroatoms. The van der Waals surface area contributed by atoms with E-state index in [1.165, 1.54) is 0 Å². The fraction of sp³-hybridized carbons (Fsp3) is 0.333. The van der Waals surface area contributed by atoms with Crippen LogP contribution in [0.4, 0.5) is 22.0 Å². The number of carbonyl (C=O) groups excluding carboxylic acids is 1. The van der Waals surface area contributed by atoms with Gasteiger partial charge in [0.05, 0.1) is 5.56 Å². The molecule has 0 aliphatic rings. The minimum Gasteiger partial charge on any atom is -0.405 e. The van der Waals surface area contributed by atoms with Gasteiger partial charge in [0.2, 0.25) is 0 Å². The third-order valence-electron chi connectivity index (χ3n) is 1.93. The highest BCUT2D eigenvalue weighted by molar-refractivity contribution is 5.82. The normalized spacial score (nSPS) is 11.7. The second-order valence-corrected chi connectivity index (χ2v) is 3.08. The Balaban J connectivity index is 3.42. The molecule has 18 heavy (non-hydrogen) atoms. The molecular formula is C9H7F5N2O2. The van der Waals surface area contributed by atoms with E-state index in [0.29, 0.717) is 0 Å². The molecule has 0 spiro atoms. The highest BCUT2D eigenvalue weighted by atomic mass is 19.4. The molecule has 1 rings (SSSR count). The van der Waals surface area contributed by atoms with Crippen LogP contribution >= 0.6 is 0 Å². The summed E-state index contributed by atoms with van der Waals surface area (Å²) in [6.07, 6.45) is -7.78. The number of pyridine rings is 1. The van der Waals surface area contributed by atoms with Crippen molar-refractivity contribution >= 4 is 6.29 Å². The van der Waals surface area contributed by atoms with Crippen molar-refractivity contribution in [2.24, 2.45) is 5.73 Å². The molecule has 2 N–H and O–H groups in total. The topological polar surface area (TPSA) is 65.2 Å². The summed E-state index contributed by atoms with van der Waals surface area (Å²) in [6, 6.07) is 0. The molecule has 0 fully saturated rings. The second kappa shape index (κ2) is 5.25. The highest BCUT2D eigenvalue weighted by Gasteiger charge is 2.34. The molecule has 4 nitrogen and oxygen atoms in total. The van der Waals surface area contributed by atoms with Crippen molar-refractivity contribution in [3.8, 4) is 5.75 Å². The first-order chi connectivity index (χ1) is 8.30. The van der Waals surface area contributed by atoms with Gasteiger partial charge in [-0.1, -0.05) is 0 Å². The van der Waals surface area contributed by atoms with Gasteiger partial charge in [0.25, 0.3) is 6.43 Å². The zero-order valence-corrected chi connectivity index (χ0v) is 8.67. The number of alkyl halides is 5. The third-order valence-corrected chi connectivity index (χ3v) is 1.93. The summed E-state index contributed by atoms with van der Waals surface area (Å²) in [6.45, 7) is -0.442. The predicted octanol–water partition coefficient (Wildman–Crippen LogP) is 2.19. The van der Waals surface area contributed by atoms with Gasteiger partial charge < -0.3 is 10.5 Å². The van der Waals surface area contributed by atoms with Crippen molar-refractivity contribution in [3.63, 3.8) is 0 Å². The van der Waals surface area contributed by atoms with Gasteiger partial charge in [-0.2, -0.15) is 0 Å². The van der Waals surface area contributed by atoms with Crippen LogP contribution in [-0.4, -0.2) is 17.6 Å². The number of nitrogens with zero attached hydrogens (tertiary/aromatic N) is 1. The number of nitrogens with two attached hydrogens (primary N) is 1. The molecule has 0 saturated heterocycles. The number of carbonyl (C=O) groups is 1. The summed E-state index contributed by atoms with van der Waals surface area (Å²) in [7, 11) is 0. The summed E-state index contributed by atoms with van der Waals surface area (Å²) < 4.78 is 64.9. The van der Waals surface area contributed by atoms with Gasteiger partial charge in [0.1, 0.15) is 11.4 Å². The molecule has 1 aromatic heterocycles. The first-order valence-electron chi connectivity index (χ1n) is 4.51. The molecule has 0 atom stereocenters. The largest absolute Gasteiger partial charge is 0.573 e. The molecule has 100 valence electrons. The van der Waals surface area contributed by atoms with Crippen LogP contribution in [0, 0.1) is 0 Å². The number of hydrogen-bond acceptors (Lipinski definition) is 4. The van der Waals surface area contributed by atoms with Gasteiger partial charge in [-0.15, -0.1) is 13.2 Å². The number of halogens is 5. The van der Waals surface area contributed by atoms with Crippen LogP contribution in [-0.2, 0) is 6.54 Å². The maximum atomic E-state index is 12.5. The van der Waals surface area contributed by atoms with Crippen LogP contribution in [0.15, 0.2) is 6.20 Å². The van der Waals surface area contributed by atoms with E-state index in [-0.39, 0.29) is 11.8 Å². The summed E-state index contributed by atoms with van der Waals surface area (Å²) in [4.78, 5) is 13.8. The average molecular weight is 270 g/mol. The molecular weight excluding hydrogens is 263 g/mol. The molecule has 0 saturated carbocycles. The SMILES string of the molecule is NCc1cnc(C(F)F)c(C=O)c1OC(F)(F)F. The minimum atomic E-state index is -5.12. The molecule has 0 aromatic carbocycles. The Morgan fingerprint density at radius 1 is 1.44 bits per heavy atom. The molecule has 1 aromatic rings. The lowest BCUT2D eigenvalue weighted by Gasteiger charge is -2.15. The van der Waals surface area contributed by atoms with E-state index in [9.17, 15) is 26.7 Å². The van der Waals surface area contributed by atoms with E-state index in [0.717, 1.165) is 6.20 Å². The first kappa shape index (κ1) is 14.3. The Labute approximate surface area is 97.6 Å². The van der Waals surface area contributed by atoms with E-state index in [4.69, 9.17) is 5.73 Å². The van der Waals surface area contributed by atoms with Crippen LogP contribution < -0.4 is 10.5 Å². The van der Waals surface area contributed by atoms with E-state index < -0.39 is 36.3 Å². The van der Waals surface area contributed by atoms with Crippen LogP contribution in [0.5, 0.6) is 5.75 Å². The quantitative estimate of drug-likeness (QED) is 0.672. The maximum absolute atomic E-state index is 12.5. The predicted molar refractivity (Wildman–Crippen MR) is 49.2 cm³/mol. The zero-order chi connectivity index (χ0) is 13.9. The summed E-state index contributed by atoms with van der Waals surface area (Å²) in [5.41, 5.74) is 2.80. The molecule has 0 radical (unpaired) electrons. The van der Waals surface area contributed by atoms with Gasteiger partial charge in [-0.3, -0.25) is 9.78 Å². The Kier molecular flexibility index (Phi) is 4.17. The van der Waals surface area contributed by atoms with E-state index in [1.54, 1.807) is 0 Å². The number of aldehydes is 1. The fourth-order valence-electron chi connectivity index (χ4n) is 1.23. The first-order valence-corrected chi connectivity index (χ1v) is 4.51. The van der Waals surface area contributed by atoms with Gasteiger partial charge >= 0.3 is 6.36 Å². The Morgan fingerprint density at radius 3 is 2.44 bits per heavy atom. The van der Waals surface area contributed by atoms with Crippen molar-refractivity contribution in [1.82, 2.24) is 4.98 Å². The molecule has 0 amide bonds. The Bertz CT molecular complexity index is 447. The number of rotatable bonds is 4. The lowest BCUT2D eigenvalue weighted by Crippen LogP contribution is -2.21. The van der Waals surface area contributed by atoms with E-state index in [1.807, 2.05) is 0 Å². The van der Waals surface area contributed by atoms with Gasteiger partial charge in [-0.25, -0.2) is 8.78 Å². The van der Waals surface area contributed by atoms with Crippen LogP contribution in [0.25, 0.3) is 0 Å². The Hall–Kier alpha value is -1.77. The molecule has 0 bridgehead atoms. The lowest BCUT2D eigenvalue weighted by atomic mass is 10.1. The third kappa shape index (κ3) is 3.13. The van der Waals surface area contributed by atoms with Crippen molar-refractivity contribution in [1.29, 1.82) is 0 Å². The Morgan fingerprint density at radius 2 is 2.06 bits per heavy atom. The van der Waals surface area contributed by atoms with Crippen molar-refractivity contribution in [2.45, 2.75) is 19.3 Å². The zero-order valence-electron chi connectivity index (χ0n) is 8.67. The van der Waals surface area contributed by atoms with Gasteiger partial charge in [-0.05, 0) is 0 Å². The molecule has 0 aliphatic carbocycles. The molecule has 1 heterocycles. The van der Waals surface area contributed by atoms with Gasteiger partial charge in [0, 0.05) is 18.3 Å². The standard InChI is InChI=1S/C9H7F5N2O2/c10-8(11)6-5(3-17)7(18-9(12,13)14)4(1-15)2-16-6/h2-3,8H,1,15H2. The summed E-state index contributed by atoms with van der Waals surface area (Å²) in [5.74, 6) is -1.04. The number of aromatic nitrogens is 1. The maximum Gasteiger partial charge on any atom is 0.573 e. The molecule has 0 unspecified atom stereocenters. The average Bonchev–Trinajstić information content (AvgIpc) is 2.26. The van der Waals surface area contributed by atoms with Crippen LogP contribution in [0.3, 0.4) is 0 Å². The molecule has 0 aliphatic heterocycles. The fourth-order valence-corrected chi connectivity index (χ4v) is 1.23. The van der Waals surface area contributed by atoms with Gasteiger partial charge in [0.15, 0.2) is 6.29 Å². The van der Waals surface area contributed by atoms with Crippen molar-refractivity contribution < 1.29 is 31.5 Å². The lowest BCUT2D eigenvalue weighted by molar-refractivity contribution is -0.275. The van der Waals surface area contributed by atoms with E-state index in [2.05, 4.69) is 9.72 Å².